The molecule has 0 heterocycles. The van der Waals surface area contributed by atoms with Crippen LogP contribution in [-0.2, 0) is 14.6 Å². The SMILES string of the molecule is CC(C)(C)S(=O)(=O)CC(N)=O. The molecule has 0 aromatic heterocycles. The summed E-state index contributed by atoms with van der Waals surface area (Å²) in [5.41, 5.74) is 4.76. The van der Waals surface area contributed by atoms with Gasteiger partial charge in [-0.05, 0) is 20.8 Å². The van der Waals surface area contributed by atoms with E-state index < -0.39 is 26.2 Å². The van der Waals surface area contributed by atoms with Crippen molar-refractivity contribution in [3.8, 4) is 0 Å². The average molecular weight is 179 g/mol. The quantitative estimate of drug-likeness (QED) is 0.631. The summed E-state index contributed by atoms with van der Waals surface area (Å²) in [6, 6.07) is 0. The minimum Gasteiger partial charge on any atom is -0.369 e. The van der Waals surface area contributed by atoms with Crippen molar-refractivity contribution in [3.63, 3.8) is 0 Å². The van der Waals surface area contributed by atoms with Gasteiger partial charge in [0.2, 0.25) is 5.91 Å². The summed E-state index contributed by atoms with van der Waals surface area (Å²) in [4.78, 5) is 10.3. The van der Waals surface area contributed by atoms with Crippen molar-refractivity contribution in [3.05, 3.63) is 0 Å². The van der Waals surface area contributed by atoms with Crippen LogP contribution in [0.3, 0.4) is 0 Å². The highest BCUT2D eigenvalue weighted by atomic mass is 32.2. The Labute approximate surface area is 66.7 Å². The fraction of sp³-hybridized carbons (Fsp3) is 0.833. The van der Waals surface area contributed by atoms with Gasteiger partial charge in [-0.15, -0.1) is 0 Å². The monoisotopic (exact) mass is 179 g/mol. The van der Waals surface area contributed by atoms with E-state index in [2.05, 4.69) is 0 Å². The second kappa shape index (κ2) is 2.81. The lowest BCUT2D eigenvalue weighted by Crippen LogP contribution is -2.35. The summed E-state index contributed by atoms with van der Waals surface area (Å²) in [6.45, 7) is 4.60. The van der Waals surface area contributed by atoms with Crippen molar-refractivity contribution in [2.24, 2.45) is 5.73 Å². The normalized spacial score (nSPS) is 13.0. The van der Waals surface area contributed by atoms with E-state index in [0.717, 1.165) is 0 Å². The van der Waals surface area contributed by atoms with Crippen molar-refractivity contribution in [1.82, 2.24) is 0 Å². The Morgan fingerprint density at radius 2 is 1.73 bits per heavy atom. The Bertz CT molecular complexity index is 247. The number of nitrogens with two attached hydrogens (primary N) is 1. The zero-order valence-corrected chi connectivity index (χ0v) is 7.73. The first-order valence-corrected chi connectivity index (χ1v) is 4.82. The van der Waals surface area contributed by atoms with E-state index in [4.69, 9.17) is 5.73 Å². The summed E-state index contributed by atoms with van der Waals surface area (Å²) in [7, 11) is -3.37. The number of hydrogen-bond acceptors (Lipinski definition) is 3. The number of primary amides is 1. The van der Waals surface area contributed by atoms with Gasteiger partial charge in [0.05, 0.1) is 4.75 Å². The molecule has 0 unspecified atom stereocenters. The minimum absolute atomic E-state index is 0.573. The summed E-state index contributed by atoms with van der Waals surface area (Å²) in [5, 5.41) is 0. The molecule has 0 spiro atoms. The highest BCUT2D eigenvalue weighted by molar-refractivity contribution is 7.93. The molecule has 5 heteroatoms. The number of carbonyl (C=O) groups excluding carboxylic acids is 1. The van der Waals surface area contributed by atoms with Crippen molar-refractivity contribution < 1.29 is 13.2 Å². The molecular formula is C6H13NO3S. The van der Waals surface area contributed by atoms with E-state index in [1.165, 1.54) is 20.8 Å². The molecule has 1 amide bonds. The van der Waals surface area contributed by atoms with E-state index in [1.807, 2.05) is 0 Å². The molecule has 0 aliphatic rings. The third-order valence-electron chi connectivity index (χ3n) is 1.27. The molecule has 0 aromatic carbocycles. The topological polar surface area (TPSA) is 77.2 Å². The van der Waals surface area contributed by atoms with Crippen LogP contribution < -0.4 is 5.73 Å². The van der Waals surface area contributed by atoms with Gasteiger partial charge in [0.1, 0.15) is 5.75 Å². The highest BCUT2D eigenvalue weighted by Crippen LogP contribution is 2.14. The van der Waals surface area contributed by atoms with Crippen LogP contribution in [0.15, 0.2) is 0 Å². The lowest BCUT2D eigenvalue weighted by Gasteiger charge is -2.17. The molecule has 11 heavy (non-hydrogen) atoms. The van der Waals surface area contributed by atoms with E-state index in [-0.39, 0.29) is 0 Å². The first kappa shape index (κ1) is 10.4. The predicted octanol–water partition coefficient (Wildman–Crippen LogP) is -0.315. The molecule has 2 N–H and O–H groups in total. The van der Waals surface area contributed by atoms with Crippen LogP contribution in [0.1, 0.15) is 20.8 Å². The van der Waals surface area contributed by atoms with Gasteiger partial charge < -0.3 is 5.73 Å². The molecule has 0 aliphatic heterocycles. The highest BCUT2D eigenvalue weighted by Gasteiger charge is 2.30. The smallest absolute Gasteiger partial charge is 0.232 e. The maximum absolute atomic E-state index is 11.2. The third-order valence-corrected chi connectivity index (χ3v) is 3.80. The lowest BCUT2D eigenvalue weighted by molar-refractivity contribution is -0.115. The number of hydrogen-bond donors (Lipinski definition) is 1. The van der Waals surface area contributed by atoms with Crippen LogP contribution in [0.25, 0.3) is 0 Å². The molecule has 66 valence electrons. The van der Waals surface area contributed by atoms with Gasteiger partial charge in [0, 0.05) is 0 Å². The molecular weight excluding hydrogens is 166 g/mol. The first-order chi connectivity index (χ1) is 4.67. The van der Waals surface area contributed by atoms with Gasteiger partial charge >= 0.3 is 0 Å². The van der Waals surface area contributed by atoms with Crippen molar-refractivity contribution >= 4 is 15.7 Å². The van der Waals surface area contributed by atoms with Gasteiger partial charge in [-0.3, -0.25) is 4.79 Å². The van der Waals surface area contributed by atoms with Gasteiger partial charge in [-0.1, -0.05) is 0 Å². The van der Waals surface area contributed by atoms with Crippen LogP contribution in [0.4, 0.5) is 0 Å². The zero-order chi connectivity index (χ0) is 9.28. The summed E-state index contributed by atoms with van der Waals surface area (Å²) in [5.74, 6) is -1.38. The second-order valence-corrected chi connectivity index (χ2v) is 6.08. The molecule has 0 fully saturated rings. The maximum Gasteiger partial charge on any atom is 0.232 e. The molecule has 0 aliphatic carbocycles. The third kappa shape index (κ3) is 2.88. The molecule has 0 atom stereocenters. The number of amides is 1. The van der Waals surface area contributed by atoms with Crippen LogP contribution in [0.5, 0.6) is 0 Å². The van der Waals surface area contributed by atoms with Crippen LogP contribution in [0.2, 0.25) is 0 Å². The van der Waals surface area contributed by atoms with Crippen molar-refractivity contribution in [2.75, 3.05) is 5.75 Å². The summed E-state index contributed by atoms with van der Waals surface area (Å²) >= 11 is 0. The fourth-order valence-electron chi connectivity index (χ4n) is 0.404. The van der Waals surface area contributed by atoms with Gasteiger partial charge in [-0.25, -0.2) is 8.42 Å². The van der Waals surface area contributed by atoms with Crippen molar-refractivity contribution in [1.29, 1.82) is 0 Å². The Morgan fingerprint density at radius 1 is 1.36 bits per heavy atom. The Hall–Kier alpha value is -0.580. The van der Waals surface area contributed by atoms with Gasteiger partial charge in [0.25, 0.3) is 0 Å². The van der Waals surface area contributed by atoms with E-state index in [1.54, 1.807) is 0 Å². The second-order valence-electron chi connectivity index (χ2n) is 3.34. The van der Waals surface area contributed by atoms with E-state index in [9.17, 15) is 13.2 Å². The largest absolute Gasteiger partial charge is 0.369 e. The van der Waals surface area contributed by atoms with Crippen molar-refractivity contribution in [2.45, 2.75) is 25.5 Å². The standard InChI is InChI=1S/C6H13NO3S/c1-6(2,3)11(9,10)4-5(7)8/h4H2,1-3H3,(H2,7,8). The minimum atomic E-state index is -3.37. The number of carbonyl (C=O) groups is 1. The Kier molecular flexibility index (Phi) is 2.66. The zero-order valence-electron chi connectivity index (χ0n) is 6.92. The van der Waals surface area contributed by atoms with Crippen LogP contribution in [-0.4, -0.2) is 24.8 Å². The average Bonchev–Trinajstić information content (AvgIpc) is 1.56. The van der Waals surface area contributed by atoms with E-state index in [0.29, 0.717) is 0 Å². The predicted molar refractivity (Wildman–Crippen MR) is 42.7 cm³/mol. The number of sulfone groups is 1. The molecule has 0 rings (SSSR count). The molecule has 0 saturated carbocycles. The lowest BCUT2D eigenvalue weighted by atomic mass is 10.3. The Morgan fingerprint density at radius 3 is 1.82 bits per heavy atom. The number of rotatable bonds is 2. The van der Waals surface area contributed by atoms with Gasteiger partial charge in [0.15, 0.2) is 9.84 Å². The van der Waals surface area contributed by atoms with Crippen LogP contribution in [0, 0.1) is 0 Å². The van der Waals surface area contributed by atoms with Gasteiger partial charge in [-0.2, -0.15) is 0 Å². The molecule has 4 nitrogen and oxygen atoms in total. The van der Waals surface area contributed by atoms with Crippen LogP contribution >= 0.6 is 0 Å². The molecule has 0 saturated heterocycles. The summed E-state index contributed by atoms with van der Waals surface area (Å²) < 4.78 is 21.4. The Balaban J connectivity index is 4.64. The molecule has 0 aromatic rings. The summed E-state index contributed by atoms with van der Waals surface area (Å²) in [6.07, 6.45) is 0. The molecule has 0 bridgehead atoms. The van der Waals surface area contributed by atoms with E-state index >= 15 is 0 Å². The molecule has 0 radical (unpaired) electrons. The first-order valence-electron chi connectivity index (χ1n) is 3.17. The fourth-order valence-corrected chi connectivity index (χ4v) is 1.21. The maximum atomic E-state index is 11.2.